The fourth-order valence-electron chi connectivity index (χ4n) is 4.76. The molecule has 3 saturated heterocycles. The number of rotatable bonds is 8. The Bertz CT molecular complexity index is 528. The van der Waals surface area contributed by atoms with Crippen molar-refractivity contribution in [1.82, 2.24) is 20.0 Å². The lowest BCUT2D eigenvalue weighted by Crippen LogP contribution is -2.50. The Labute approximate surface area is 176 Å². The van der Waals surface area contributed by atoms with E-state index in [1.54, 1.807) is 0 Å². The van der Waals surface area contributed by atoms with Gasteiger partial charge < -0.3 is 15.0 Å². The van der Waals surface area contributed by atoms with E-state index in [4.69, 9.17) is 4.74 Å². The highest BCUT2D eigenvalue weighted by atomic mass is 16.5. The molecular formula is C22H40N4O3. The first kappa shape index (κ1) is 22.5. The van der Waals surface area contributed by atoms with Crippen molar-refractivity contribution in [2.75, 3.05) is 65.5 Å². The number of piperidine rings is 1. The average Bonchev–Trinajstić information content (AvgIpc) is 3.23. The van der Waals surface area contributed by atoms with Crippen molar-refractivity contribution in [2.45, 2.75) is 52.1 Å². The van der Waals surface area contributed by atoms with Crippen LogP contribution in [-0.2, 0) is 14.3 Å². The lowest BCUT2D eigenvalue weighted by atomic mass is 9.93. The maximum Gasteiger partial charge on any atom is 0.234 e. The molecule has 3 aliphatic heterocycles. The Morgan fingerprint density at radius 2 is 1.76 bits per heavy atom. The molecule has 29 heavy (non-hydrogen) atoms. The summed E-state index contributed by atoms with van der Waals surface area (Å²) in [6, 6.07) is 0. The van der Waals surface area contributed by atoms with E-state index in [2.05, 4.69) is 29.0 Å². The molecule has 1 unspecified atom stereocenters. The van der Waals surface area contributed by atoms with Crippen molar-refractivity contribution in [1.29, 1.82) is 0 Å². The lowest BCUT2D eigenvalue weighted by Gasteiger charge is -2.34. The molecule has 7 heteroatoms. The van der Waals surface area contributed by atoms with Crippen molar-refractivity contribution < 1.29 is 14.3 Å². The smallest absolute Gasteiger partial charge is 0.234 e. The molecule has 0 aromatic heterocycles. The summed E-state index contributed by atoms with van der Waals surface area (Å²) in [6.45, 7) is 12.9. The highest BCUT2D eigenvalue weighted by Crippen LogP contribution is 2.22. The Morgan fingerprint density at radius 1 is 1.03 bits per heavy atom. The molecule has 0 aromatic carbocycles. The summed E-state index contributed by atoms with van der Waals surface area (Å²) in [6.07, 6.45) is 5.12. The van der Waals surface area contributed by atoms with Crippen LogP contribution in [0.3, 0.4) is 0 Å². The van der Waals surface area contributed by atoms with E-state index in [9.17, 15) is 9.59 Å². The van der Waals surface area contributed by atoms with Gasteiger partial charge in [-0.15, -0.1) is 0 Å². The van der Waals surface area contributed by atoms with E-state index in [1.165, 1.54) is 0 Å². The molecule has 1 N–H and O–H groups in total. The Kier molecular flexibility index (Phi) is 8.75. The molecule has 0 aliphatic carbocycles. The maximum absolute atomic E-state index is 12.4. The highest BCUT2D eigenvalue weighted by molar-refractivity contribution is 5.78. The zero-order chi connectivity index (χ0) is 20.6. The highest BCUT2D eigenvalue weighted by Gasteiger charge is 2.26. The summed E-state index contributed by atoms with van der Waals surface area (Å²) < 4.78 is 5.82. The van der Waals surface area contributed by atoms with Crippen molar-refractivity contribution in [3.8, 4) is 0 Å². The van der Waals surface area contributed by atoms with E-state index in [0.717, 1.165) is 78.1 Å². The van der Waals surface area contributed by atoms with Crippen molar-refractivity contribution in [3.05, 3.63) is 0 Å². The number of hydrogen-bond acceptors (Lipinski definition) is 5. The first-order valence-corrected chi connectivity index (χ1v) is 11.6. The van der Waals surface area contributed by atoms with Gasteiger partial charge in [-0.2, -0.15) is 0 Å². The van der Waals surface area contributed by atoms with E-state index in [0.29, 0.717) is 37.3 Å². The molecule has 3 rings (SSSR count). The van der Waals surface area contributed by atoms with Crippen LogP contribution in [0.1, 0.15) is 46.0 Å². The summed E-state index contributed by atoms with van der Waals surface area (Å²) >= 11 is 0. The minimum absolute atomic E-state index is 0.0844. The summed E-state index contributed by atoms with van der Waals surface area (Å²) in [4.78, 5) is 31.4. The SMILES string of the molecule is CC(C)CN1CCOC(CNC(=O)CN2CCC(CC(=O)N3CCCC3)CC2)C1. The molecule has 7 nitrogen and oxygen atoms in total. The number of carbonyl (C=O) groups is 2. The minimum Gasteiger partial charge on any atom is -0.374 e. The van der Waals surface area contributed by atoms with Crippen LogP contribution in [0.2, 0.25) is 0 Å². The van der Waals surface area contributed by atoms with Gasteiger partial charge in [-0.3, -0.25) is 19.4 Å². The second kappa shape index (κ2) is 11.3. The third-order valence-corrected chi connectivity index (χ3v) is 6.37. The molecule has 0 aromatic rings. The average molecular weight is 409 g/mol. The van der Waals surface area contributed by atoms with Gasteiger partial charge in [0.2, 0.25) is 11.8 Å². The molecule has 2 amide bonds. The topological polar surface area (TPSA) is 65.1 Å². The number of likely N-dealkylation sites (tertiary alicyclic amines) is 2. The number of amides is 2. The van der Waals surface area contributed by atoms with Gasteiger partial charge in [-0.25, -0.2) is 0 Å². The van der Waals surface area contributed by atoms with Gasteiger partial charge in [0.25, 0.3) is 0 Å². The van der Waals surface area contributed by atoms with E-state index in [-0.39, 0.29) is 12.0 Å². The monoisotopic (exact) mass is 408 g/mol. The van der Waals surface area contributed by atoms with Crippen LogP contribution in [0.25, 0.3) is 0 Å². The Morgan fingerprint density at radius 3 is 2.45 bits per heavy atom. The molecule has 1 atom stereocenters. The zero-order valence-corrected chi connectivity index (χ0v) is 18.4. The first-order chi connectivity index (χ1) is 14.0. The molecule has 3 aliphatic rings. The number of ether oxygens (including phenoxy) is 1. The van der Waals surface area contributed by atoms with Crippen LogP contribution < -0.4 is 5.32 Å². The third-order valence-electron chi connectivity index (χ3n) is 6.37. The summed E-state index contributed by atoms with van der Waals surface area (Å²) in [7, 11) is 0. The Hall–Kier alpha value is -1.18. The van der Waals surface area contributed by atoms with Gasteiger partial charge in [-0.05, 0) is 50.6 Å². The van der Waals surface area contributed by atoms with Gasteiger partial charge in [0, 0.05) is 45.7 Å². The van der Waals surface area contributed by atoms with E-state index < -0.39 is 0 Å². The maximum atomic E-state index is 12.4. The van der Waals surface area contributed by atoms with Crippen LogP contribution in [0.5, 0.6) is 0 Å². The number of nitrogens with zero attached hydrogens (tertiary/aromatic N) is 3. The molecule has 166 valence electrons. The van der Waals surface area contributed by atoms with E-state index in [1.807, 2.05) is 4.90 Å². The van der Waals surface area contributed by atoms with Crippen molar-refractivity contribution in [3.63, 3.8) is 0 Å². The van der Waals surface area contributed by atoms with Crippen LogP contribution >= 0.6 is 0 Å². The van der Waals surface area contributed by atoms with Crippen molar-refractivity contribution >= 4 is 11.8 Å². The standard InChI is InChI=1S/C22H40N4O3/c1-18(2)15-25-11-12-29-20(16-25)14-23-21(27)17-24-9-5-19(6-10-24)13-22(28)26-7-3-4-8-26/h18-20H,3-17H2,1-2H3,(H,23,27). The molecule has 3 heterocycles. The molecule has 0 spiro atoms. The van der Waals surface area contributed by atoms with Gasteiger partial charge >= 0.3 is 0 Å². The molecular weight excluding hydrogens is 368 g/mol. The minimum atomic E-state index is 0.0844. The number of carbonyl (C=O) groups excluding carboxylic acids is 2. The predicted octanol–water partition coefficient (Wildman–Crippen LogP) is 1.18. The zero-order valence-electron chi connectivity index (χ0n) is 18.4. The van der Waals surface area contributed by atoms with Crippen molar-refractivity contribution in [2.24, 2.45) is 11.8 Å². The van der Waals surface area contributed by atoms with Crippen LogP contribution in [-0.4, -0.2) is 98.1 Å². The predicted molar refractivity (Wildman–Crippen MR) is 114 cm³/mol. The fraction of sp³-hybridized carbons (Fsp3) is 0.909. The fourth-order valence-corrected chi connectivity index (χ4v) is 4.76. The number of hydrogen-bond donors (Lipinski definition) is 1. The van der Waals surface area contributed by atoms with Gasteiger partial charge in [0.1, 0.15) is 0 Å². The van der Waals surface area contributed by atoms with Crippen LogP contribution in [0.4, 0.5) is 0 Å². The second-order valence-corrected chi connectivity index (χ2v) is 9.46. The molecule has 0 saturated carbocycles. The summed E-state index contributed by atoms with van der Waals surface area (Å²) in [5.41, 5.74) is 0. The van der Waals surface area contributed by atoms with Gasteiger partial charge in [0.15, 0.2) is 0 Å². The third kappa shape index (κ3) is 7.54. The second-order valence-electron chi connectivity index (χ2n) is 9.46. The normalized spacial score (nSPS) is 24.9. The molecule has 3 fully saturated rings. The summed E-state index contributed by atoms with van der Waals surface area (Å²) in [5.74, 6) is 1.54. The molecule has 0 radical (unpaired) electrons. The Balaban J connectivity index is 1.29. The van der Waals surface area contributed by atoms with E-state index >= 15 is 0 Å². The van der Waals surface area contributed by atoms with Crippen LogP contribution in [0, 0.1) is 11.8 Å². The number of morpholine rings is 1. The van der Waals surface area contributed by atoms with Crippen LogP contribution in [0.15, 0.2) is 0 Å². The molecule has 0 bridgehead atoms. The lowest BCUT2D eigenvalue weighted by molar-refractivity contribution is -0.131. The van der Waals surface area contributed by atoms with Gasteiger partial charge in [0.05, 0.1) is 19.3 Å². The largest absolute Gasteiger partial charge is 0.374 e. The first-order valence-electron chi connectivity index (χ1n) is 11.6. The van der Waals surface area contributed by atoms with Gasteiger partial charge in [-0.1, -0.05) is 13.8 Å². The number of nitrogens with one attached hydrogen (secondary N) is 1. The quantitative estimate of drug-likeness (QED) is 0.654. The summed E-state index contributed by atoms with van der Waals surface area (Å²) in [5, 5.41) is 3.06.